The van der Waals surface area contributed by atoms with Crippen molar-refractivity contribution in [2.24, 2.45) is 0 Å². The molecule has 35 heavy (non-hydrogen) atoms. The fourth-order valence-corrected chi connectivity index (χ4v) is 4.69. The van der Waals surface area contributed by atoms with Crippen LogP contribution in [0.3, 0.4) is 0 Å². The summed E-state index contributed by atoms with van der Waals surface area (Å²) in [6, 6.07) is 0. The minimum atomic E-state index is -1.34. The van der Waals surface area contributed by atoms with Crippen molar-refractivity contribution in [1.82, 2.24) is 9.55 Å². The van der Waals surface area contributed by atoms with Gasteiger partial charge in [0.25, 0.3) is 0 Å². The smallest absolute Gasteiger partial charge is 0.351 e. The van der Waals surface area contributed by atoms with Crippen molar-refractivity contribution in [1.29, 1.82) is 0 Å². The number of carbonyl (C=O) groups excluding carboxylic acids is 1. The molecule has 0 bridgehead atoms. The van der Waals surface area contributed by atoms with Gasteiger partial charge in [-0.15, -0.1) is 0 Å². The number of anilines is 1. The zero-order valence-corrected chi connectivity index (χ0v) is 22.5. The van der Waals surface area contributed by atoms with Crippen molar-refractivity contribution in [3.8, 4) is 0 Å². The van der Waals surface area contributed by atoms with Crippen LogP contribution in [0, 0.1) is 0 Å². The maximum Gasteiger partial charge on any atom is 0.351 e. The first kappa shape index (κ1) is 29.7. The zero-order valence-electron chi connectivity index (χ0n) is 20.9. The van der Waals surface area contributed by atoms with Crippen LogP contribution in [0.25, 0.3) is 0 Å². The molecule has 1 aromatic heterocycles. The predicted octanol–water partition coefficient (Wildman–Crippen LogP) is 4.23. The molecular formula is C25H42BrN3O6. The Morgan fingerprint density at radius 3 is 2.17 bits per heavy atom. The second-order valence-electron chi connectivity index (χ2n) is 9.35. The number of esters is 1. The molecule has 1 aromatic rings. The van der Waals surface area contributed by atoms with E-state index in [9.17, 15) is 19.8 Å². The highest BCUT2D eigenvalue weighted by atomic mass is 79.9. The molecule has 2 heterocycles. The van der Waals surface area contributed by atoms with Gasteiger partial charge in [-0.1, -0.05) is 84.0 Å². The van der Waals surface area contributed by atoms with Gasteiger partial charge in [-0.3, -0.25) is 9.36 Å². The largest absolute Gasteiger partial charge is 0.457 e. The predicted molar refractivity (Wildman–Crippen MR) is 138 cm³/mol. The van der Waals surface area contributed by atoms with Crippen LogP contribution < -0.4 is 11.4 Å². The van der Waals surface area contributed by atoms with Gasteiger partial charge in [0.2, 0.25) is 0 Å². The van der Waals surface area contributed by atoms with Gasteiger partial charge >= 0.3 is 11.7 Å². The van der Waals surface area contributed by atoms with Crippen molar-refractivity contribution in [2.75, 3.05) is 12.3 Å². The number of nitrogens with zero attached hydrogens (tertiary/aromatic N) is 2. The minimum absolute atomic E-state index is 0.0122. The molecule has 4 N–H and O–H groups in total. The number of hydrogen-bond donors (Lipinski definition) is 3. The van der Waals surface area contributed by atoms with E-state index in [-0.39, 0.29) is 12.2 Å². The molecule has 0 amide bonds. The summed E-state index contributed by atoms with van der Waals surface area (Å²) in [7, 11) is 0. The number of aliphatic hydroxyl groups excluding tert-OH is 2. The van der Waals surface area contributed by atoms with E-state index < -0.39 is 42.8 Å². The lowest BCUT2D eigenvalue weighted by Gasteiger charge is -2.20. The van der Waals surface area contributed by atoms with Crippen LogP contribution in [0.1, 0.15) is 103 Å². The second-order valence-corrected chi connectivity index (χ2v) is 10.2. The van der Waals surface area contributed by atoms with E-state index in [2.05, 4.69) is 27.8 Å². The fourth-order valence-electron chi connectivity index (χ4n) is 4.38. The molecule has 2 rings (SSSR count). The maximum absolute atomic E-state index is 12.3. The van der Waals surface area contributed by atoms with Gasteiger partial charge < -0.3 is 25.4 Å². The molecule has 0 unspecified atom stereocenters. The number of unbranched alkanes of at least 4 members (excludes halogenated alkanes) is 12. The van der Waals surface area contributed by atoms with Crippen molar-refractivity contribution in [3.05, 3.63) is 21.2 Å². The van der Waals surface area contributed by atoms with E-state index in [1.54, 1.807) is 0 Å². The lowest BCUT2D eigenvalue weighted by atomic mass is 10.0. The van der Waals surface area contributed by atoms with Crippen molar-refractivity contribution >= 4 is 27.7 Å². The van der Waals surface area contributed by atoms with Gasteiger partial charge in [0, 0.05) is 12.6 Å². The first-order chi connectivity index (χ1) is 16.9. The monoisotopic (exact) mass is 559 g/mol. The second kappa shape index (κ2) is 16.3. The van der Waals surface area contributed by atoms with Crippen molar-refractivity contribution < 1.29 is 24.5 Å². The van der Waals surface area contributed by atoms with Crippen LogP contribution in [-0.2, 0) is 14.3 Å². The summed E-state index contributed by atoms with van der Waals surface area (Å²) in [6.07, 6.45) is 12.9. The Bertz CT molecular complexity index is 821. The molecule has 1 aliphatic heterocycles. The van der Waals surface area contributed by atoms with E-state index in [1.807, 2.05) is 0 Å². The van der Waals surface area contributed by atoms with Crippen LogP contribution in [0.15, 0.2) is 15.5 Å². The van der Waals surface area contributed by atoms with Crippen molar-refractivity contribution in [2.45, 2.75) is 121 Å². The Balaban J connectivity index is 1.64. The molecule has 1 aliphatic rings. The summed E-state index contributed by atoms with van der Waals surface area (Å²) < 4.78 is 12.5. The van der Waals surface area contributed by atoms with Gasteiger partial charge in [-0.2, -0.15) is 4.98 Å². The van der Waals surface area contributed by atoms with E-state index in [0.717, 1.165) is 17.4 Å². The number of nitrogen functional groups attached to an aromatic ring is 1. The molecule has 200 valence electrons. The first-order valence-electron chi connectivity index (χ1n) is 13.1. The van der Waals surface area contributed by atoms with E-state index in [1.165, 1.54) is 70.4 Å². The molecule has 9 nitrogen and oxygen atoms in total. The number of rotatable bonds is 17. The third-order valence-electron chi connectivity index (χ3n) is 6.45. The van der Waals surface area contributed by atoms with E-state index in [0.29, 0.717) is 10.9 Å². The van der Waals surface area contributed by atoms with Gasteiger partial charge in [-0.05, 0) is 22.4 Å². The summed E-state index contributed by atoms with van der Waals surface area (Å²) in [5, 5.41) is 20.3. The Hall–Kier alpha value is -1.49. The Labute approximate surface area is 216 Å². The molecular weight excluding hydrogens is 518 g/mol. The van der Waals surface area contributed by atoms with E-state index in [4.69, 9.17) is 15.2 Å². The van der Waals surface area contributed by atoms with E-state index >= 15 is 0 Å². The summed E-state index contributed by atoms with van der Waals surface area (Å²) in [5.41, 5.74) is 4.89. The summed E-state index contributed by atoms with van der Waals surface area (Å²) in [5.74, 6) is -0.443. The number of ether oxygens (including phenoxy) is 2. The van der Waals surface area contributed by atoms with Crippen LogP contribution in [-0.4, -0.2) is 50.7 Å². The topological polar surface area (TPSA) is 137 Å². The third kappa shape index (κ3) is 9.82. The minimum Gasteiger partial charge on any atom is -0.457 e. The molecule has 0 saturated carbocycles. The summed E-state index contributed by atoms with van der Waals surface area (Å²) in [6.45, 7) is 1.77. The fraction of sp³-hybridized carbons (Fsp3) is 0.800. The van der Waals surface area contributed by atoms with Crippen LogP contribution >= 0.6 is 15.9 Å². The molecule has 1 saturated heterocycles. The number of aliphatic hydroxyl groups is 2. The van der Waals surface area contributed by atoms with Gasteiger partial charge in [0.05, 0.1) is 11.1 Å². The highest BCUT2D eigenvalue weighted by Gasteiger charge is 2.47. The van der Waals surface area contributed by atoms with Crippen LogP contribution in [0.4, 0.5) is 5.82 Å². The Kier molecular flexibility index (Phi) is 13.8. The first-order valence-corrected chi connectivity index (χ1v) is 13.9. The average molecular weight is 561 g/mol. The third-order valence-corrected chi connectivity index (χ3v) is 7.06. The van der Waals surface area contributed by atoms with Crippen LogP contribution in [0.5, 0.6) is 0 Å². The Morgan fingerprint density at radius 2 is 1.63 bits per heavy atom. The Morgan fingerprint density at radius 1 is 1.09 bits per heavy atom. The number of nitrogens with two attached hydrogens (primary N) is 1. The summed E-state index contributed by atoms with van der Waals surface area (Å²) in [4.78, 5) is 28.2. The maximum atomic E-state index is 12.3. The molecule has 0 radical (unpaired) electrons. The normalized spacial score (nSPS) is 21.9. The van der Waals surface area contributed by atoms with Crippen molar-refractivity contribution in [3.63, 3.8) is 0 Å². The molecule has 4 atom stereocenters. The number of hydrogen-bond acceptors (Lipinski definition) is 8. The number of aromatic nitrogens is 2. The highest BCUT2D eigenvalue weighted by molar-refractivity contribution is 9.10. The molecule has 0 aromatic carbocycles. The lowest BCUT2D eigenvalue weighted by molar-refractivity contribution is -0.156. The molecule has 10 heteroatoms. The lowest BCUT2D eigenvalue weighted by Crippen LogP contribution is -2.39. The van der Waals surface area contributed by atoms with Gasteiger partial charge in [0.1, 0.15) is 18.0 Å². The molecule has 0 aliphatic carbocycles. The average Bonchev–Trinajstić information content (AvgIpc) is 3.14. The number of carbonyl (C=O) groups is 1. The summed E-state index contributed by atoms with van der Waals surface area (Å²) >= 11 is 3.19. The van der Waals surface area contributed by atoms with Gasteiger partial charge in [0.15, 0.2) is 12.3 Å². The molecule has 1 fully saturated rings. The SMILES string of the molecule is CCCCCCCCCCCCCCCC(=O)O[C@H]1[C@H](O)[C@H](n2cc(Br)c(N)nc2=O)O[C@@H]1CO. The van der Waals surface area contributed by atoms with Gasteiger partial charge in [-0.25, -0.2) is 4.79 Å². The quantitative estimate of drug-likeness (QED) is 0.190. The number of halogens is 1. The standard InChI is InChI=1S/C25H42BrN3O6/c1-2-3-4-5-6-7-8-9-10-11-12-13-14-15-20(31)35-22-19(17-30)34-24(21(22)32)29-16-18(26)23(27)28-25(29)33/h16,19,21-22,24,30,32H,2-15,17H2,1H3,(H2,27,28,33)/t19-,21+,22-,24-/m1/s1. The highest BCUT2D eigenvalue weighted by Crippen LogP contribution is 2.31. The molecule has 0 spiro atoms. The zero-order chi connectivity index (χ0) is 25.6. The van der Waals surface area contributed by atoms with Crippen LogP contribution in [0.2, 0.25) is 0 Å².